The molecule has 0 rings (SSSR count). The Morgan fingerprint density at radius 2 is 1.73 bits per heavy atom. The van der Waals surface area contributed by atoms with E-state index < -0.39 is 0 Å². The quantitative estimate of drug-likeness (QED) is 0.416. The van der Waals surface area contributed by atoms with Crippen LogP contribution in [0.25, 0.3) is 0 Å². The fourth-order valence-electron chi connectivity index (χ4n) is 0.957. The second kappa shape index (κ2) is 9.56. The van der Waals surface area contributed by atoms with Crippen molar-refractivity contribution in [1.29, 1.82) is 0 Å². The van der Waals surface area contributed by atoms with Crippen LogP contribution < -0.4 is 0 Å². The summed E-state index contributed by atoms with van der Waals surface area (Å²) in [6, 6.07) is 0. The molecular formula is C11H19. The molecule has 0 spiro atoms. The molecule has 0 unspecified atom stereocenters. The molecule has 0 heteroatoms. The maximum Gasteiger partial charge on any atom is 0.00886 e. The zero-order valence-corrected chi connectivity index (χ0v) is 7.66. The van der Waals surface area contributed by atoms with E-state index in [4.69, 9.17) is 0 Å². The van der Waals surface area contributed by atoms with Gasteiger partial charge in [-0.1, -0.05) is 39.5 Å². The predicted molar refractivity (Wildman–Crippen MR) is 51.1 cm³/mol. The minimum Gasteiger partial charge on any atom is -0.104 e. The summed E-state index contributed by atoms with van der Waals surface area (Å²) in [6.07, 6.45) is 8.38. The van der Waals surface area contributed by atoms with E-state index in [1.54, 1.807) is 0 Å². The van der Waals surface area contributed by atoms with E-state index in [2.05, 4.69) is 25.7 Å². The van der Waals surface area contributed by atoms with Crippen molar-refractivity contribution in [3.8, 4) is 11.8 Å². The van der Waals surface area contributed by atoms with Crippen molar-refractivity contribution in [2.75, 3.05) is 0 Å². The highest BCUT2D eigenvalue weighted by molar-refractivity contribution is 4.97. The maximum atomic E-state index is 3.80. The van der Waals surface area contributed by atoms with Crippen LogP contribution in [0.4, 0.5) is 0 Å². The van der Waals surface area contributed by atoms with Gasteiger partial charge in [-0.05, 0) is 6.42 Å². The van der Waals surface area contributed by atoms with Crippen LogP contribution in [0.1, 0.15) is 51.9 Å². The summed E-state index contributed by atoms with van der Waals surface area (Å²) in [5.74, 6) is 6.22. The highest BCUT2D eigenvalue weighted by Gasteiger charge is 1.85. The normalized spacial score (nSPS) is 8.91. The molecule has 1 radical (unpaired) electrons. The Hall–Kier alpha value is -0.440. The van der Waals surface area contributed by atoms with Crippen LogP contribution >= 0.6 is 0 Å². The smallest absolute Gasteiger partial charge is 0.00886 e. The molecule has 0 amide bonds. The molecule has 63 valence electrons. The molecule has 0 atom stereocenters. The first-order valence-corrected chi connectivity index (χ1v) is 4.66. The van der Waals surface area contributed by atoms with E-state index in [1.807, 2.05) is 0 Å². The molecule has 11 heavy (non-hydrogen) atoms. The molecule has 0 saturated carbocycles. The second-order valence-corrected chi connectivity index (χ2v) is 2.72. The van der Waals surface area contributed by atoms with E-state index in [1.165, 1.54) is 25.7 Å². The molecule has 0 nitrogen and oxygen atoms in total. The molecule has 0 aliphatic rings. The molecule has 0 aromatic heterocycles. The topological polar surface area (TPSA) is 0 Å². The zero-order valence-electron chi connectivity index (χ0n) is 7.66. The van der Waals surface area contributed by atoms with Crippen molar-refractivity contribution >= 4 is 0 Å². The molecule has 0 aromatic rings. The van der Waals surface area contributed by atoms with E-state index in [0.717, 1.165) is 19.3 Å². The summed E-state index contributed by atoms with van der Waals surface area (Å²) in [5, 5.41) is 0. The number of hydrogen-bond acceptors (Lipinski definition) is 0. The number of rotatable bonds is 5. The van der Waals surface area contributed by atoms with Gasteiger partial charge in [-0.3, -0.25) is 0 Å². The molecule has 0 saturated heterocycles. The van der Waals surface area contributed by atoms with Gasteiger partial charge in [0.25, 0.3) is 0 Å². The van der Waals surface area contributed by atoms with Crippen molar-refractivity contribution in [1.82, 2.24) is 0 Å². The highest BCUT2D eigenvalue weighted by atomic mass is 13.9. The Kier molecular flexibility index (Phi) is 9.18. The average Bonchev–Trinajstić information content (AvgIpc) is 2.03. The van der Waals surface area contributed by atoms with Gasteiger partial charge in [-0.15, -0.1) is 11.8 Å². The Morgan fingerprint density at radius 1 is 1.00 bits per heavy atom. The maximum absolute atomic E-state index is 3.80. The number of hydrogen-bond donors (Lipinski definition) is 0. The summed E-state index contributed by atoms with van der Waals surface area (Å²) in [5.41, 5.74) is 0. The van der Waals surface area contributed by atoms with Gasteiger partial charge >= 0.3 is 0 Å². The van der Waals surface area contributed by atoms with Crippen molar-refractivity contribution in [2.24, 2.45) is 0 Å². The van der Waals surface area contributed by atoms with Crippen molar-refractivity contribution in [2.45, 2.75) is 51.9 Å². The van der Waals surface area contributed by atoms with Crippen molar-refractivity contribution in [3.63, 3.8) is 0 Å². The van der Waals surface area contributed by atoms with Gasteiger partial charge in [0, 0.05) is 12.8 Å². The largest absolute Gasteiger partial charge is 0.104 e. The molecule has 0 aliphatic carbocycles. The summed E-state index contributed by atoms with van der Waals surface area (Å²) in [7, 11) is 0. The van der Waals surface area contributed by atoms with Gasteiger partial charge in [0.1, 0.15) is 0 Å². The Balaban J connectivity index is 2.90. The molecule has 0 fully saturated rings. The summed E-state index contributed by atoms with van der Waals surface area (Å²) in [4.78, 5) is 0. The fourth-order valence-corrected chi connectivity index (χ4v) is 0.957. The van der Waals surface area contributed by atoms with Crippen LogP contribution in [0, 0.1) is 18.8 Å². The van der Waals surface area contributed by atoms with Crippen molar-refractivity contribution < 1.29 is 0 Å². The number of unbranched alkanes of at least 4 members (excludes halogenated alkanes) is 5. The van der Waals surface area contributed by atoms with E-state index in [-0.39, 0.29) is 0 Å². The van der Waals surface area contributed by atoms with Gasteiger partial charge in [0.2, 0.25) is 0 Å². The van der Waals surface area contributed by atoms with Crippen LogP contribution in [-0.4, -0.2) is 0 Å². The van der Waals surface area contributed by atoms with Crippen LogP contribution in [0.15, 0.2) is 0 Å². The van der Waals surface area contributed by atoms with Gasteiger partial charge in [-0.2, -0.15) is 0 Å². The first-order valence-electron chi connectivity index (χ1n) is 4.66. The highest BCUT2D eigenvalue weighted by Crippen LogP contribution is 2.03. The fraction of sp³-hybridized carbons (Fsp3) is 0.727. The van der Waals surface area contributed by atoms with E-state index in [9.17, 15) is 0 Å². The molecule has 0 heterocycles. The minimum atomic E-state index is 0.999. The third-order valence-electron chi connectivity index (χ3n) is 1.60. The van der Waals surface area contributed by atoms with Gasteiger partial charge in [0.05, 0.1) is 0 Å². The Morgan fingerprint density at radius 3 is 2.36 bits per heavy atom. The SMILES string of the molecule is [CH2]CCCCCCC#CCC. The lowest BCUT2D eigenvalue weighted by molar-refractivity contribution is 0.655. The van der Waals surface area contributed by atoms with Crippen LogP contribution in [-0.2, 0) is 0 Å². The van der Waals surface area contributed by atoms with Crippen LogP contribution in [0.2, 0.25) is 0 Å². The third-order valence-corrected chi connectivity index (χ3v) is 1.60. The van der Waals surface area contributed by atoms with Crippen molar-refractivity contribution in [3.05, 3.63) is 6.92 Å². The molecule has 0 N–H and O–H groups in total. The Labute approximate surface area is 71.4 Å². The predicted octanol–water partition coefficient (Wildman–Crippen LogP) is 3.57. The minimum absolute atomic E-state index is 0.999. The lowest BCUT2D eigenvalue weighted by Crippen LogP contribution is -1.75. The average molecular weight is 151 g/mol. The first kappa shape index (κ1) is 10.6. The molecular weight excluding hydrogens is 132 g/mol. The molecule has 0 aromatic carbocycles. The standard InChI is InChI=1S/C11H19/c1-3-5-7-9-11-10-8-6-4-2/h1,3-5,7,9-11H2,2H3. The third kappa shape index (κ3) is 9.56. The summed E-state index contributed by atoms with van der Waals surface area (Å²) in [6.45, 7) is 5.90. The van der Waals surface area contributed by atoms with E-state index >= 15 is 0 Å². The second-order valence-electron chi connectivity index (χ2n) is 2.72. The van der Waals surface area contributed by atoms with E-state index in [0.29, 0.717) is 0 Å². The van der Waals surface area contributed by atoms with Crippen LogP contribution in [0.5, 0.6) is 0 Å². The molecule has 0 aliphatic heterocycles. The summed E-state index contributed by atoms with van der Waals surface area (Å²) < 4.78 is 0. The van der Waals surface area contributed by atoms with Gasteiger partial charge in [0.15, 0.2) is 0 Å². The summed E-state index contributed by atoms with van der Waals surface area (Å²) >= 11 is 0. The molecule has 0 bridgehead atoms. The lowest BCUT2D eigenvalue weighted by atomic mass is 10.1. The monoisotopic (exact) mass is 151 g/mol. The van der Waals surface area contributed by atoms with Gasteiger partial charge < -0.3 is 0 Å². The Bertz CT molecular complexity index is 114. The van der Waals surface area contributed by atoms with Gasteiger partial charge in [-0.25, -0.2) is 0 Å². The van der Waals surface area contributed by atoms with Crippen LogP contribution in [0.3, 0.4) is 0 Å². The zero-order chi connectivity index (χ0) is 8.36. The lowest BCUT2D eigenvalue weighted by Gasteiger charge is -1.94. The first-order chi connectivity index (χ1) is 5.41.